The van der Waals surface area contributed by atoms with Crippen LogP contribution >= 0.6 is 0 Å². The average Bonchev–Trinajstić information content (AvgIpc) is 3.17. The monoisotopic (exact) mass is 1680 g/mol. The van der Waals surface area contributed by atoms with E-state index < -0.39 is 0 Å². The second-order valence-corrected chi connectivity index (χ2v) is 32.5. The van der Waals surface area contributed by atoms with Crippen LogP contribution in [0.5, 0.6) is 0 Å². The van der Waals surface area contributed by atoms with Crippen molar-refractivity contribution in [3.05, 3.63) is 0 Å². The molecule has 0 aliphatic rings. The van der Waals surface area contributed by atoms with E-state index in [1.165, 1.54) is 0 Å². The molecule has 0 amide bonds. The summed E-state index contributed by atoms with van der Waals surface area (Å²) in [6, 6.07) is 0. The summed E-state index contributed by atoms with van der Waals surface area (Å²) >= 11 is 0. The van der Waals surface area contributed by atoms with E-state index in [-0.39, 0.29) is 299 Å². The van der Waals surface area contributed by atoms with Gasteiger partial charge in [0.2, 0.25) is 0 Å². The van der Waals surface area contributed by atoms with Gasteiger partial charge in [-0.1, -0.05) is 314 Å². The van der Waals surface area contributed by atoms with E-state index in [2.05, 4.69) is 0 Å². The minimum Gasteiger partial charge on any atom is -0.854 e. The van der Waals surface area contributed by atoms with Crippen molar-refractivity contribution >= 4 is 0 Å². The van der Waals surface area contributed by atoms with Crippen LogP contribution in [0.25, 0.3) is 0 Å². The molecule has 76 heavy (non-hydrogen) atoms. The molecular weight excluding hydrogens is 1550 g/mol. The average molecular weight is 1680 g/mol. The maximum Gasteiger partial charge on any atom is 3.00 e. The predicted molar refractivity (Wildman–Crippen MR) is 292 cm³/mol. The normalized spacial score (nSPS) is 11.4. The van der Waals surface area contributed by atoms with E-state index in [0.717, 1.165) is 0 Å². The first kappa shape index (κ1) is 122. The minimum atomic E-state index is -0.0139. The molecule has 12 nitrogen and oxygen atoms in total. The molecule has 0 bridgehead atoms. The van der Waals surface area contributed by atoms with Crippen molar-refractivity contribution in [2.24, 2.45) is 65.0 Å². The fourth-order valence-electron chi connectivity index (χ4n) is 0. The van der Waals surface area contributed by atoms with Gasteiger partial charge in [-0.3, -0.25) is 0 Å². The van der Waals surface area contributed by atoms with Crippen LogP contribution in [0.15, 0.2) is 0 Å². The third kappa shape index (κ3) is 287. The van der Waals surface area contributed by atoms with Gasteiger partial charge in [0.15, 0.2) is 0 Å². The summed E-state index contributed by atoms with van der Waals surface area (Å²) < 4.78 is 0. The molecule has 0 aromatic rings. The molecule has 0 saturated carbocycles. The summed E-state index contributed by atoms with van der Waals surface area (Å²) in [4.78, 5) is 0. The Hall–Kier alpha value is 4.66. The van der Waals surface area contributed by atoms with Gasteiger partial charge in [0.25, 0.3) is 0 Å². The Balaban J connectivity index is -0.0000000367. The molecular formula is C60H132O12Tb4. The molecule has 0 aromatic carbocycles. The minimum absolute atomic E-state index is 0. The number of hydrogen-bond acceptors (Lipinski definition) is 12. The Labute approximate surface area is 601 Å². The maximum absolute atomic E-state index is 9.95. The molecule has 0 radical (unpaired) electrons. The molecule has 0 aromatic heterocycles. The van der Waals surface area contributed by atoms with Crippen LogP contribution in [0.1, 0.15) is 249 Å². The molecule has 0 rings (SSSR count). The number of rotatable bonds is 0. The maximum atomic E-state index is 9.95. The van der Waals surface area contributed by atoms with Gasteiger partial charge in [0.1, 0.15) is 0 Å². The van der Waals surface area contributed by atoms with Crippen LogP contribution in [0.2, 0.25) is 0 Å². The molecule has 0 heterocycles. The van der Waals surface area contributed by atoms with Crippen LogP contribution in [0.4, 0.5) is 0 Å². The zero-order valence-corrected chi connectivity index (χ0v) is 65.3. The van der Waals surface area contributed by atoms with Crippen LogP contribution in [0.3, 0.4) is 0 Å². The summed E-state index contributed by atoms with van der Waals surface area (Å²) in [5.74, 6) is 0. The van der Waals surface area contributed by atoms with Crippen LogP contribution < -0.4 is 61.3 Å². The summed E-state index contributed by atoms with van der Waals surface area (Å²) in [6.45, 7) is 69.8. The molecule has 0 aliphatic carbocycles. The third-order valence-corrected chi connectivity index (χ3v) is 5.20. The summed E-state index contributed by atoms with van der Waals surface area (Å²) in [6.07, 6.45) is 0. The largest absolute Gasteiger partial charge is 3.00 e. The smallest absolute Gasteiger partial charge is 0.854 e. The van der Waals surface area contributed by atoms with Crippen LogP contribution in [-0.2, 0) is 0 Å². The van der Waals surface area contributed by atoms with Crippen molar-refractivity contribution < 1.29 is 216 Å². The summed E-state index contributed by atoms with van der Waals surface area (Å²) in [5.41, 5.74) is -0.167. The van der Waals surface area contributed by atoms with Crippen molar-refractivity contribution in [2.45, 2.75) is 249 Å². The van der Waals surface area contributed by atoms with Gasteiger partial charge >= 0.3 is 154 Å². The van der Waals surface area contributed by atoms with Gasteiger partial charge in [0.05, 0.1) is 0 Å². The molecule has 0 aliphatic heterocycles. The van der Waals surface area contributed by atoms with Gasteiger partial charge in [-0.25, -0.2) is 0 Å². The standard InChI is InChI=1S/12C5H11O.4Tb/c12*1-5(2,3)4-6;;;;/h12*4H2,1-3H3;;;;/q12*-1;4*+3. The molecule has 0 spiro atoms. The van der Waals surface area contributed by atoms with E-state index in [9.17, 15) is 61.3 Å². The molecule has 0 saturated heterocycles. The van der Waals surface area contributed by atoms with Crippen molar-refractivity contribution in [3.8, 4) is 0 Å². The van der Waals surface area contributed by atoms with Crippen LogP contribution in [-0.4, -0.2) is 79.3 Å². The molecule has 0 atom stereocenters. The van der Waals surface area contributed by atoms with Gasteiger partial charge in [-0.05, 0) is 0 Å². The fraction of sp³-hybridized carbons (Fsp3) is 1.00. The first-order chi connectivity index (χ1) is 30.7. The first-order valence-electron chi connectivity index (χ1n) is 25.7. The third-order valence-electron chi connectivity index (χ3n) is 5.20. The van der Waals surface area contributed by atoms with Gasteiger partial charge in [-0.2, -0.15) is 0 Å². The van der Waals surface area contributed by atoms with E-state index >= 15 is 0 Å². The second kappa shape index (κ2) is 62.7. The Kier molecular flexibility index (Phi) is 101. The van der Waals surface area contributed by atoms with Gasteiger partial charge in [-0.15, -0.1) is 79.3 Å². The Morgan fingerprint density at radius 2 is 0.132 bits per heavy atom. The fourth-order valence-corrected chi connectivity index (χ4v) is 0. The Morgan fingerprint density at radius 1 is 0.118 bits per heavy atom. The quantitative estimate of drug-likeness (QED) is 0.319. The van der Waals surface area contributed by atoms with E-state index in [4.69, 9.17) is 0 Å². The van der Waals surface area contributed by atoms with Gasteiger partial charge in [0, 0.05) is 0 Å². The first-order valence-corrected chi connectivity index (χ1v) is 25.7. The topological polar surface area (TPSA) is 277 Å². The molecule has 0 N–H and O–H groups in total. The summed E-state index contributed by atoms with van der Waals surface area (Å²) in [5, 5.41) is 119. The molecule has 0 fully saturated rings. The van der Waals surface area contributed by atoms with Crippen LogP contribution in [0, 0.1) is 219 Å². The Bertz CT molecular complexity index is 728. The molecule has 16 heteroatoms. The SMILES string of the molecule is CC(C)(C)C[O-].CC(C)(C)C[O-].CC(C)(C)C[O-].CC(C)(C)C[O-].CC(C)(C)C[O-].CC(C)(C)C[O-].CC(C)(C)C[O-].CC(C)(C)C[O-].CC(C)(C)C[O-].CC(C)(C)C[O-].CC(C)(C)C[O-].CC(C)(C)C[O-].[Tb+3].[Tb+3].[Tb+3].[Tb+3]. The van der Waals surface area contributed by atoms with E-state index in [1.54, 1.807) is 0 Å². The van der Waals surface area contributed by atoms with E-state index in [0.29, 0.717) is 0 Å². The molecule has 480 valence electrons. The second-order valence-electron chi connectivity index (χ2n) is 32.5. The van der Waals surface area contributed by atoms with Crippen molar-refractivity contribution in [2.75, 3.05) is 79.3 Å². The zero-order chi connectivity index (χ0) is 62.5. The predicted octanol–water partition coefficient (Wildman–Crippen LogP) is 4.71. The number of hydrogen-bond donors (Lipinski definition) is 0. The Morgan fingerprint density at radius 3 is 0.132 bits per heavy atom. The van der Waals surface area contributed by atoms with Crippen molar-refractivity contribution in [1.82, 2.24) is 0 Å². The molecule has 0 unspecified atom stereocenters. The summed E-state index contributed by atoms with van der Waals surface area (Å²) in [7, 11) is 0. The van der Waals surface area contributed by atoms with E-state index in [1.807, 2.05) is 249 Å². The van der Waals surface area contributed by atoms with Gasteiger partial charge < -0.3 is 61.3 Å². The van der Waals surface area contributed by atoms with Crippen molar-refractivity contribution in [3.63, 3.8) is 0 Å². The van der Waals surface area contributed by atoms with Crippen molar-refractivity contribution in [1.29, 1.82) is 0 Å². The zero-order valence-electron chi connectivity index (χ0n) is 56.7.